The molecule has 0 radical (unpaired) electrons. The Kier molecular flexibility index (Phi) is 4.44. The van der Waals surface area contributed by atoms with Crippen LogP contribution in [-0.2, 0) is 0 Å². The lowest BCUT2D eigenvalue weighted by Gasteiger charge is -2.06. The van der Waals surface area contributed by atoms with Crippen molar-refractivity contribution >= 4 is 28.1 Å². The van der Waals surface area contributed by atoms with Crippen LogP contribution in [0, 0.1) is 21.4 Å². The molecule has 0 saturated carbocycles. The van der Waals surface area contributed by atoms with Crippen molar-refractivity contribution < 1.29 is 9.66 Å². The van der Waals surface area contributed by atoms with E-state index in [0.717, 1.165) is 16.3 Å². The molecule has 3 rings (SSSR count). The van der Waals surface area contributed by atoms with E-state index in [-0.39, 0.29) is 5.69 Å². The SMILES string of the molecule is COc1ccc([N+](=O)[O-])cc1/C=C(/C#N)c1ccc2ccccc2c1. The fourth-order valence-electron chi connectivity index (χ4n) is 2.64. The molecule has 0 unspecified atom stereocenters. The zero-order valence-electron chi connectivity index (χ0n) is 13.5. The van der Waals surface area contributed by atoms with Crippen LogP contribution in [0.25, 0.3) is 22.4 Å². The van der Waals surface area contributed by atoms with Gasteiger partial charge in [-0.05, 0) is 34.5 Å². The van der Waals surface area contributed by atoms with Gasteiger partial charge in [0, 0.05) is 17.7 Å². The number of methoxy groups -OCH3 is 1. The number of hydrogen-bond acceptors (Lipinski definition) is 4. The number of benzene rings is 3. The van der Waals surface area contributed by atoms with Crippen molar-refractivity contribution in [2.75, 3.05) is 7.11 Å². The average molecular weight is 330 g/mol. The molecular formula is C20H14N2O3. The van der Waals surface area contributed by atoms with E-state index >= 15 is 0 Å². The number of nitriles is 1. The Morgan fingerprint density at radius 2 is 1.88 bits per heavy atom. The predicted molar refractivity (Wildman–Crippen MR) is 97.1 cm³/mol. The second-order valence-electron chi connectivity index (χ2n) is 5.42. The van der Waals surface area contributed by atoms with E-state index in [2.05, 4.69) is 6.07 Å². The first-order valence-corrected chi connectivity index (χ1v) is 7.56. The van der Waals surface area contributed by atoms with Crippen LogP contribution in [0.15, 0.2) is 60.7 Å². The lowest BCUT2D eigenvalue weighted by molar-refractivity contribution is -0.384. The summed E-state index contributed by atoms with van der Waals surface area (Å²) in [6.07, 6.45) is 1.61. The van der Waals surface area contributed by atoms with E-state index in [1.807, 2.05) is 42.5 Å². The number of nitro benzene ring substituents is 1. The van der Waals surface area contributed by atoms with E-state index in [1.54, 1.807) is 6.08 Å². The summed E-state index contributed by atoms with van der Waals surface area (Å²) in [6, 6.07) is 20.1. The summed E-state index contributed by atoms with van der Waals surface area (Å²) in [7, 11) is 1.49. The van der Waals surface area contributed by atoms with Crippen LogP contribution < -0.4 is 4.74 Å². The van der Waals surface area contributed by atoms with E-state index in [1.165, 1.54) is 25.3 Å². The Morgan fingerprint density at radius 1 is 1.12 bits per heavy atom. The molecule has 3 aromatic rings. The molecular weight excluding hydrogens is 316 g/mol. The Balaban J connectivity index is 2.12. The summed E-state index contributed by atoms with van der Waals surface area (Å²) in [5.74, 6) is 0.471. The lowest BCUT2D eigenvalue weighted by Crippen LogP contribution is -1.92. The summed E-state index contributed by atoms with van der Waals surface area (Å²) in [6.45, 7) is 0. The largest absolute Gasteiger partial charge is 0.496 e. The number of allylic oxidation sites excluding steroid dienone is 1. The third kappa shape index (κ3) is 3.33. The van der Waals surface area contributed by atoms with Gasteiger partial charge in [-0.15, -0.1) is 0 Å². The summed E-state index contributed by atoms with van der Waals surface area (Å²) in [5, 5.41) is 22.7. The highest BCUT2D eigenvalue weighted by Gasteiger charge is 2.11. The number of nitro groups is 1. The normalized spacial score (nSPS) is 11.1. The number of hydrogen-bond donors (Lipinski definition) is 0. The summed E-state index contributed by atoms with van der Waals surface area (Å²) < 4.78 is 5.25. The zero-order chi connectivity index (χ0) is 17.8. The summed E-state index contributed by atoms with van der Waals surface area (Å²) in [5.41, 5.74) is 1.59. The van der Waals surface area contributed by atoms with Crippen LogP contribution in [0.1, 0.15) is 11.1 Å². The van der Waals surface area contributed by atoms with Gasteiger partial charge in [0.2, 0.25) is 0 Å². The highest BCUT2D eigenvalue weighted by Crippen LogP contribution is 2.29. The van der Waals surface area contributed by atoms with Crippen LogP contribution in [0.4, 0.5) is 5.69 Å². The van der Waals surface area contributed by atoms with Crippen LogP contribution in [0.5, 0.6) is 5.75 Å². The molecule has 122 valence electrons. The highest BCUT2D eigenvalue weighted by molar-refractivity contribution is 5.95. The van der Waals surface area contributed by atoms with Gasteiger partial charge in [-0.25, -0.2) is 0 Å². The molecule has 0 amide bonds. The van der Waals surface area contributed by atoms with Crippen molar-refractivity contribution in [1.82, 2.24) is 0 Å². The van der Waals surface area contributed by atoms with Gasteiger partial charge in [0.25, 0.3) is 5.69 Å². The van der Waals surface area contributed by atoms with Crippen LogP contribution in [0.3, 0.4) is 0 Å². The van der Waals surface area contributed by atoms with Crippen LogP contribution >= 0.6 is 0 Å². The molecule has 25 heavy (non-hydrogen) atoms. The van der Waals surface area contributed by atoms with Gasteiger partial charge in [0.15, 0.2) is 0 Å². The second kappa shape index (κ2) is 6.85. The van der Waals surface area contributed by atoms with Crippen molar-refractivity contribution in [2.45, 2.75) is 0 Å². The molecule has 0 fully saturated rings. The molecule has 0 heterocycles. The quantitative estimate of drug-likeness (QED) is 0.297. The van der Waals surface area contributed by atoms with Gasteiger partial charge in [0.1, 0.15) is 5.75 Å². The fourth-order valence-corrected chi connectivity index (χ4v) is 2.64. The molecule has 0 aliphatic carbocycles. The first kappa shape index (κ1) is 16.2. The van der Waals surface area contributed by atoms with Crippen molar-refractivity contribution in [2.24, 2.45) is 0 Å². The molecule has 5 heteroatoms. The van der Waals surface area contributed by atoms with Crippen LogP contribution in [-0.4, -0.2) is 12.0 Å². The first-order valence-electron chi connectivity index (χ1n) is 7.56. The van der Waals surface area contributed by atoms with Crippen LogP contribution in [0.2, 0.25) is 0 Å². The number of nitrogens with zero attached hydrogens (tertiary/aromatic N) is 2. The standard InChI is InChI=1S/C20H14N2O3/c1-25-20-9-8-19(22(23)24)12-17(20)11-18(13-21)16-7-6-14-4-2-3-5-15(14)10-16/h2-12H,1H3/b18-11-. The maximum Gasteiger partial charge on any atom is 0.270 e. The fraction of sp³-hybridized carbons (Fsp3) is 0.0500. The Hall–Kier alpha value is -3.65. The van der Waals surface area contributed by atoms with E-state index < -0.39 is 4.92 Å². The number of fused-ring (bicyclic) bond motifs is 1. The molecule has 0 aliphatic heterocycles. The number of ether oxygens (including phenoxy) is 1. The topological polar surface area (TPSA) is 76.2 Å². The molecule has 0 bridgehead atoms. The Bertz CT molecular complexity index is 1030. The van der Waals surface area contributed by atoms with Crippen molar-refractivity contribution in [3.63, 3.8) is 0 Å². The minimum atomic E-state index is -0.473. The predicted octanol–water partition coefficient (Wildman–Crippen LogP) is 4.82. The number of rotatable bonds is 4. The second-order valence-corrected chi connectivity index (χ2v) is 5.42. The van der Waals surface area contributed by atoms with Gasteiger partial charge in [0.05, 0.1) is 23.7 Å². The monoisotopic (exact) mass is 330 g/mol. The molecule has 3 aromatic carbocycles. The van der Waals surface area contributed by atoms with Gasteiger partial charge in [-0.3, -0.25) is 10.1 Å². The zero-order valence-corrected chi connectivity index (χ0v) is 13.5. The lowest BCUT2D eigenvalue weighted by atomic mass is 10.00. The maximum atomic E-state index is 11.0. The number of non-ortho nitro benzene ring substituents is 1. The summed E-state index contributed by atoms with van der Waals surface area (Å²) >= 11 is 0. The minimum Gasteiger partial charge on any atom is -0.496 e. The molecule has 0 spiro atoms. The molecule has 0 aromatic heterocycles. The minimum absolute atomic E-state index is 0.0529. The molecule has 0 aliphatic rings. The Labute approximate surface area is 144 Å². The maximum absolute atomic E-state index is 11.0. The summed E-state index contributed by atoms with van der Waals surface area (Å²) in [4.78, 5) is 10.5. The van der Waals surface area contributed by atoms with E-state index in [4.69, 9.17) is 4.74 Å². The first-order chi connectivity index (χ1) is 12.1. The van der Waals surface area contributed by atoms with Gasteiger partial charge in [-0.2, -0.15) is 5.26 Å². The van der Waals surface area contributed by atoms with Gasteiger partial charge in [-0.1, -0.05) is 36.4 Å². The highest BCUT2D eigenvalue weighted by atomic mass is 16.6. The van der Waals surface area contributed by atoms with Crippen molar-refractivity contribution in [3.8, 4) is 11.8 Å². The molecule has 0 saturated heterocycles. The van der Waals surface area contributed by atoms with Gasteiger partial charge < -0.3 is 4.74 Å². The third-order valence-corrected chi connectivity index (χ3v) is 3.90. The Morgan fingerprint density at radius 3 is 2.56 bits per heavy atom. The smallest absolute Gasteiger partial charge is 0.270 e. The third-order valence-electron chi connectivity index (χ3n) is 3.90. The average Bonchev–Trinajstić information content (AvgIpc) is 2.65. The van der Waals surface area contributed by atoms with E-state index in [0.29, 0.717) is 16.9 Å². The van der Waals surface area contributed by atoms with E-state index in [9.17, 15) is 15.4 Å². The molecule has 0 N–H and O–H groups in total. The van der Waals surface area contributed by atoms with Crippen molar-refractivity contribution in [3.05, 3.63) is 81.9 Å². The molecule has 0 atom stereocenters. The van der Waals surface area contributed by atoms with Gasteiger partial charge >= 0.3 is 0 Å². The van der Waals surface area contributed by atoms with Crippen molar-refractivity contribution in [1.29, 1.82) is 5.26 Å². The molecule has 5 nitrogen and oxygen atoms in total.